The van der Waals surface area contributed by atoms with E-state index in [4.69, 9.17) is 4.74 Å². The molecule has 1 N–H and O–H groups in total. The topological polar surface area (TPSA) is 47.6 Å². The molecule has 0 aromatic heterocycles. The van der Waals surface area contributed by atoms with Gasteiger partial charge in [-0.25, -0.2) is 4.79 Å². The van der Waals surface area contributed by atoms with Gasteiger partial charge in [0.05, 0.1) is 7.11 Å². The Morgan fingerprint density at radius 3 is 2.75 bits per heavy atom. The van der Waals surface area contributed by atoms with E-state index in [0.29, 0.717) is 6.61 Å². The van der Waals surface area contributed by atoms with Crippen LogP contribution in [0, 0.1) is 0 Å². The lowest BCUT2D eigenvalue weighted by Gasteiger charge is -2.13. The monoisotopic (exact) mass is 175 g/mol. The van der Waals surface area contributed by atoms with Crippen LogP contribution in [0.1, 0.15) is 26.7 Å². The van der Waals surface area contributed by atoms with Crippen molar-refractivity contribution in [3.63, 3.8) is 0 Å². The Balaban J connectivity index is 3.32. The molecule has 0 aromatic carbocycles. The summed E-state index contributed by atoms with van der Waals surface area (Å²) in [7, 11) is 1.33. The Kier molecular flexibility index (Phi) is 6.47. The molecule has 1 amide bonds. The molecule has 0 aliphatic heterocycles. The fraction of sp³-hybridized carbons (Fsp3) is 0.875. The van der Waals surface area contributed by atoms with Gasteiger partial charge in [-0.15, -0.1) is 0 Å². The van der Waals surface area contributed by atoms with Crippen LogP contribution in [-0.4, -0.2) is 26.0 Å². The van der Waals surface area contributed by atoms with Crippen LogP contribution in [0.25, 0.3) is 0 Å². The van der Waals surface area contributed by atoms with E-state index in [1.807, 2.05) is 0 Å². The number of hydrogen-bond donors (Lipinski definition) is 1. The summed E-state index contributed by atoms with van der Waals surface area (Å²) in [6.07, 6.45) is 1.36. The third-order valence-corrected chi connectivity index (χ3v) is 1.37. The van der Waals surface area contributed by atoms with Crippen molar-refractivity contribution in [2.45, 2.75) is 32.9 Å². The molecule has 0 aliphatic rings. The quantitative estimate of drug-likeness (QED) is 0.509. The number of ether oxygens (including phenoxy) is 2. The normalized spacial score (nSPS) is 12.2. The molecule has 0 radical (unpaired) electrons. The van der Waals surface area contributed by atoms with E-state index in [2.05, 4.69) is 17.0 Å². The average molecular weight is 175 g/mol. The lowest BCUT2D eigenvalue weighted by molar-refractivity contribution is 0.0392. The Labute approximate surface area is 73.2 Å². The molecule has 0 aliphatic carbocycles. The summed E-state index contributed by atoms with van der Waals surface area (Å²) in [6, 6.07) is 0. The minimum atomic E-state index is -0.459. The number of carbonyl (C=O) groups excluding carboxylic acids is 1. The number of nitrogens with one attached hydrogen (secondary N) is 1. The highest BCUT2D eigenvalue weighted by molar-refractivity contribution is 5.66. The maximum atomic E-state index is 10.6. The molecule has 0 fully saturated rings. The van der Waals surface area contributed by atoms with Crippen LogP contribution in [0.4, 0.5) is 4.79 Å². The highest BCUT2D eigenvalue weighted by Gasteiger charge is 2.05. The highest BCUT2D eigenvalue weighted by Crippen LogP contribution is 1.92. The summed E-state index contributed by atoms with van der Waals surface area (Å²) in [5.74, 6) is 0. The summed E-state index contributed by atoms with van der Waals surface area (Å²) in [4.78, 5) is 10.6. The highest BCUT2D eigenvalue weighted by atomic mass is 16.6. The van der Waals surface area contributed by atoms with Crippen molar-refractivity contribution in [1.29, 1.82) is 0 Å². The van der Waals surface area contributed by atoms with Gasteiger partial charge >= 0.3 is 6.09 Å². The fourth-order valence-corrected chi connectivity index (χ4v) is 0.671. The van der Waals surface area contributed by atoms with E-state index in [9.17, 15) is 4.79 Å². The SMILES string of the molecule is CCCCOC(C)NC(=O)OC. The Hall–Kier alpha value is -0.770. The van der Waals surface area contributed by atoms with Gasteiger partial charge < -0.3 is 9.47 Å². The van der Waals surface area contributed by atoms with Gasteiger partial charge in [-0.2, -0.15) is 0 Å². The number of alkyl carbamates (subject to hydrolysis) is 1. The molecule has 0 heterocycles. The Bertz CT molecular complexity index is 127. The molecule has 4 heteroatoms. The number of rotatable bonds is 5. The van der Waals surface area contributed by atoms with Gasteiger partial charge in [-0.05, 0) is 13.3 Å². The number of hydrogen-bond acceptors (Lipinski definition) is 3. The molecule has 0 bridgehead atoms. The van der Waals surface area contributed by atoms with Gasteiger partial charge in [0.1, 0.15) is 6.23 Å². The zero-order valence-electron chi connectivity index (χ0n) is 7.92. The van der Waals surface area contributed by atoms with E-state index in [0.717, 1.165) is 12.8 Å². The lowest BCUT2D eigenvalue weighted by atomic mass is 10.4. The predicted molar refractivity (Wildman–Crippen MR) is 45.9 cm³/mol. The maximum Gasteiger partial charge on any atom is 0.408 e. The molecule has 12 heavy (non-hydrogen) atoms. The Morgan fingerprint density at radius 1 is 1.58 bits per heavy atom. The third kappa shape index (κ3) is 5.97. The van der Waals surface area contributed by atoms with Crippen molar-refractivity contribution in [2.75, 3.05) is 13.7 Å². The first-order chi connectivity index (χ1) is 5.70. The molecular weight excluding hydrogens is 158 g/mol. The lowest BCUT2D eigenvalue weighted by Crippen LogP contribution is -2.34. The van der Waals surface area contributed by atoms with E-state index < -0.39 is 6.09 Å². The van der Waals surface area contributed by atoms with Gasteiger partial charge in [0.2, 0.25) is 0 Å². The second-order valence-electron chi connectivity index (χ2n) is 2.50. The molecule has 1 atom stereocenters. The van der Waals surface area contributed by atoms with Gasteiger partial charge in [-0.3, -0.25) is 5.32 Å². The second-order valence-corrected chi connectivity index (χ2v) is 2.50. The minimum Gasteiger partial charge on any atom is -0.453 e. The van der Waals surface area contributed by atoms with Gasteiger partial charge in [-0.1, -0.05) is 13.3 Å². The standard InChI is InChI=1S/C8H17NO3/c1-4-5-6-12-7(2)9-8(10)11-3/h7H,4-6H2,1-3H3,(H,9,10). The zero-order chi connectivity index (χ0) is 9.40. The summed E-state index contributed by atoms with van der Waals surface area (Å²) >= 11 is 0. The van der Waals surface area contributed by atoms with E-state index in [1.165, 1.54) is 7.11 Å². The minimum absolute atomic E-state index is 0.274. The number of amides is 1. The average Bonchev–Trinajstić information content (AvgIpc) is 2.05. The van der Waals surface area contributed by atoms with E-state index >= 15 is 0 Å². The van der Waals surface area contributed by atoms with Crippen LogP contribution in [-0.2, 0) is 9.47 Å². The first-order valence-electron chi connectivity index (χ1n) is 4.16. The van der Waals surface area contributed by atoms with Crippen molar-refractivity contribution in [3.8, 4) is 0 Å². The fourth-order valence-electron chi connectivity index (χ4n) is 0.671. The molecular formula is C8H17NO3. The van der Waals surface area contributed by atoms with E-state index in [-0.39, 0.29) is 6.23 Å². The molecule has 0 aromatic rings. The maximum absolute atomic E-state index is 10.6. The molecule has 0 saturated heterocycles. The predicted octanol–water partition coefficient (Wildman–Crippen LogP) is 1.51. The van der Waals surface area contributed by atoms with Crippen molar-refractivity contribution in [2.24, 2.45) is 0 Å². The van der Waals surface area contributed by atoms with Crippen molar-refractivity contribution < 1.29 is 14.3 Å². The molecule has 1 unspecified atom stereocenters. The molecule has 0 saturated carbocycles. The van der Waals surface area contributed by atoms with Crippen LogP contribution in [0.5, 0.6) is 0 Å². The van der Waals surface area contributed by atoms with Crippen molar-refractivity contribution >= 4 is 6.09 Å². The summed E-state index contributed by atoms with van der Waals surface area (Å²) < 4.78 is 9.64. The van der Waals surface area contributed by atoms with Gasteiger partial charge in [0.15, 0.2) is 0 Å². The summed E-state index contributed by atoms with van der Waals surface area (Å²) in [5.41, 5.74) is 0. The smallest absolute Gasteiger partial charge is 0.408 e. The van der Waals surface area contributed by atoms with Crippen LogP contribution >= 0.6 is 0 Å². The van der Waals surface area contributed by atoms with Crippen LogP contribution < -0.4 is 5.32 Å². The largest absolute Gasteiger partial charge is 0.453 e. The second kappa shape index (κ2) is 6.91. The number of unbranched alkanes of at least 4 members (excludes halogenated alkanes) is 1. The van der Waals surface area contributed by atoms with Crippen LogP contribution in [0.2, 0.25) is 0 Å². The van der Waals surface area contributed by atoms with Crippen LogP contribution in [0.3, 0.4) is 0 Å². The number of carbonyl (C=O) groups is 1. The molecule has 4 nitrogen and oxygen atoms in total. The third-order valence-electron chi connectivity index (χ3n) is 1.37. The van der Waals surface area contributed by atoms with E-state index in [1.54, 1.807) is 6.92 Å². The van der Waals surface area contributed by atoms with Gasteiger partial charge in [0, 0.05) is 6.61 Å². The molecule has 0 rings (SSSR count). The zero-order valence-corrected chi connectivity index (χ0v) is 7.92. The molecule has 0 spiro atoms. The van der Waals surface area contributed by atoms with Crippen LogP contribution in [0.15, 0.2) is 0 Å². The summed E-state index contributed by atoms with van der Waals surface area (Å²) in [5, 5.41) is 2.51. The van der Waals surface area contributed by atoms with Gasteiger partial charge in [0.25, 0.3) is 0 Å². The van der Waals surface area contributed by atoms with Crippen molar-refractivity contribution in [3.05, 3.63) is 0 Å². The molecule has 72 valence electrons. The first kappa shape index (κ1) is 11.2. The Morgan fingerprint density at radius 2 is 2.25 bits per heavy atom. The first-order valence-corrected chi connectivity index (χ1v) is 4.16. The summed E-state index contributed by atoms with van der Waals surface area (Å²) in [6.45, 7) is 4.52. The van der Waals surface area contributed by atoms with Crippen molar-refractivity contribution in [1.82, 2.24) is 5.32 Å². The number of methoxy groups -OCH3 is 1.